The number of hydrogen-bond donors (Lipinski definition) is 1. The Kier molecular flexibility index (Phi) is 5.91. The van der Waals surface area contributed by atoms with Gasteiger partial charge < -0.3 is 5.32 Å². The van der Waals surface area contributed by atoms with Crippen LogP contribution in [0.1, 0.15) is 44.4 Å². The Bertz CT molecular complexity index is 398. The molecule has 0 saturated heterocycles. The second-order valence-electron chi connectivity index (χ2n) is 4.37. The minimum atomic E-state index is 0.0430. The van der Waals surface area contributed by atoms with Gasteiger partial charge in [0.2, 0.25) is 0 Å². The van der Waals surface area contributed by atoms with Crippen molar-refractivity contribution in [2.24, 2.45) is 0 Å². The highest BCUT2D eigenvalue weighted by Crippen LogP contribution is 1.96. The van der Waals surface area contributed by atoms with Crippen molar-refractivity contribution in [3.8, 4) is 0 Å². The molecule has 0 aliphatic rings. The zero-order valence-electron chi connectivity index (χ0n) is 11.1. The monoisotopic (exact) mass is 237 g/mol. The molecule has 0 spiro atoms. The largest absolute Gasteiger partial charge is 0.312 e. The topological polar surface area (TPSA) is 46.9 Å². The summed E-state index contributed by atoms with van der Waals surface area (Å²) in [6.45, 7) is 8.45. The van der Waals surface area contributed by atoms with Gasteiger partial charge in [0, 0.05) is 18.7 Å². The number of aromatic nitrogens is 2. The lowest BCUT2D eigenvalue weighted by Gasteiger charge is -2.08. The molecule has 0 unspecified atom stereocenters. The molecule has 0 aliphatic carbocycles. The van der Waals surface area contributed by atoms with E-state index in [9.17, 15) is 4.79 Å². The maximum absolute atomic E-state index is 12.0. The number of nitrogens with zero attached hydrogens (tertiary/aromatic N) is 2. The Morgan fingerprint density at radius 3 is 2.76 bits per heavy atom. The van der Waals surface area contributed by atoms with E-state index in [1.165, 1.54) is 6.42 Å². The Labute approximate surface area is 103 Å². The molecule has 1 N–H and O–H groups in total. The number of aryl methyl sites for hydroxylation is 2. The summed E-state index contributed by atoms with van der Waals surface area (Å²) < 4.78 is 1.58. The third kappa shape index (κ3) is 4.30. The lowest BCUT2D eigenvalue weighted by molar-refractivity contribution is 0.546. The van der Waals surface area contributed by atoms with Crippen molar-refractivity contribution < 1.29 is 0 Å². The molecule has 1 rings (SSSR count). The van der Waals surface area contributed by atoms with E-state index in [1.807, 2.05) is 13.0 Å². The fourth-order valence-electron chi connectivity index (χ4n) is 1.76. The first-order valence-electron chi connectivity index (χ1n) is 6.47. The molecule has 1 aromatic heterocycles. The molecule has 4 heteroatoms. The third-order valence-electron chi connectivity index (χ3n) is 2.63. The van der Waals surface area contributed by atoms with Crippen LogP contribution in [0, 0.1) is 6.92 Å². The van der Waals surface area contributed by atoms with E-state index in [1.54, 1.807) is 4.68 Å². The van der Waals surface area contributed by atoms with Crippen LogP contribution in [0.3, 0.4) is 0 Å². The van der Waals surface area contributed by atoms with Crippen LogP contribution in [0.25, 0.3) is 0 Å². The molecule has 0 fully saturated rings. The molecule has 1 heterocycles. The first-order chi connectivity index (χ1) is 8.19. The number of nitrogens with one attached hydrogen (secondary N) is 1. The molecule has 0 bridgehead atoms. The Hall–Kier alpha value is -1.16. The Morgan fingerprint density at radius 2 is 2.12 bits per heavy atom. The minimum absolute atomic E-state index is 0.0430. The smallest absolute Gasteiger partial charge is 0.271 e. The second kappa shape index (κ2) is 7.22. The lowest BCUT2D eigenvalue weighted by Crippen LogP contribution is -2.30. The normalized spacial score (nSPS) is 10.8. The molecule has 0 atom stereocenters. The molecular formula is C13H23N3O. The molecular weight excluding hydrogens is 214 g/mol. The fourth-order valence-corrected chi connectivity index (χ4v) is 1.76. The van der Waals surface area contributed by atoms with Crippen LogP contribution < -0.4 is 10.9 Å². The van der Waals surface area contributed by atoms with E-state index in [-0.39, 0.29) is 5.56 Å². The molecule has 0 saturated carbocycles. The summed E-state index contributed by atoms with van der Waals surface area (Å²) in [6.07, 6.45) is 3.24. The van der Waals surface area contributed by atoms with E-state index >= 15 is 0 Å². The summed E-state index contributed by atoms with van der Waals surface area (Å²) in [5.74, 6) is 0. The van der Waals surface area contributed by atoms with Gasteiger partial charge in [-0.25, -0.2) is 4.68 Å². The zero-order chi connectivity index (χ0) is 12.7. The van der Waals surface area contributed by atoms with Gasteiger partial charge in [-0.3, -0.25) is 4.79 Å². The highest BCUT2D eigenvalue weighted by atomic mass is 16.1. The summed E-state index contributed by atoms with van der Waals surface area (Å²) in [4.78, 5) is 12.0. The van der Waals surface area contributed by atoms with Gasteiger partial charge in [-0.1, -0.05) is 20.3 Å². The van der Waals surface area contributed by atoms with Crippen molar-refractivity contribution >= 4 is 0 Å². The lowest BCUT2D eigenvalue weighted by atomic mass is 10.2. The van der Waals surface area contributed by atoms with Gasteiger partial charge in [-0.05, 0) is 32.4 Å². The number of hydrogen-bond acceptors (Lipinski definition) is 3. The van der Waals surface area contributed by atoms with E-state index < -0.39 is 0 Å². The average molecular weight is 237 g/mol. The highest BCUT2D eigenvalue weighted by Gasteiger charge is 2.05. The Balaban J connectivity index is 2.73. The van der Waals surface area contributed by atoms with Gasteiger partial charge in [-0.2, -0.15) is 5.10 Å². The van der Waals surface area contributed by atoms with E-state index in [2.05, 4.69) is 24.3 Å². The van der Waals surface area contributed by atoms with Crippen LogP contribution in [0.4, 0.5) is 0 Å². The van der Waals surface area contributed by atoms with E-state index in [0.29, 0.717) is 13.1 Å². The van der Waals surface area contributed by atoms with Crippen molar-refractivity contribution in [3.63, 3.8) is 0 Å². The summed E-state index contributed by atoms with van der Waals surface area (Å²) >= 11 is 0. The van der Waals surface area contributed by atoms with Gasteiger partial charge in [0.25, 0.3) is 5.56 Å². The summed E-state index contributed by atoms with van der Waals surface area (Å²) in [6, 6.07) is 1.88. The van der Waals surface area contributed by atoms with Crippen molar-refractivity contribution in [2.75, 3.05) is 6.54 Å². The predicted octanol–water partition coefficient (Wildman–Crippen LogP) is 1.85. The predicted molar refractivity (Wildman–Crippen MR) is 70.1 cm³/mol. The summed E-state index contributed by atoms with van der Waals surface area (Å²) in [5, 5.41) is 7.54. The quantitative estimate of drug-likeness (QED) is 0.736. The van der Waals surface area contributed by atoms with Gasteiger partial charge >= 0.3 is 0 Å². The molecule has 0 amide bonds. The summed E-state index contributed by atoms with van der Waals surface area (Å²) in [5.41, 5.74) is 1.77. The third-order valence-corrected chi connectivity index (χ3v) is 2.63. The first-order valence-corrected chi connectivity index (χ1v) is 6.47. The fraction of sp³-hybridized carbons (Fsp3) is 0.692. The van der Waals surface area contributed by atoms with Gasteiger partial charge in [0.05, 0.1) is 5.69 Å². The van der Waals surface area contributed by atoms with Crippen LogP contribution in [0.5, 0.6) is 0 Å². The van der Waals surface area contributed by atoms with Crippen molar-refractivity contribution in [2.45, 2.75) is 53.1 Å². The van der Waals surface area contributed by atoms with Crippen molar-refractivity contribution in [1.29, 1.82) is 0 Å². The molecule has 4 nitrogen and oxygen atoms in total. The molecule has 0 aromatic carbocycles. The maximum Gasteiger partial charge on any atom is 0.271 e. The van der Waals surface area contributed by atoms with Crippen LogP contribution in [0.2, 0.25) is 0 Å². The van der Waals surface area contributed by atoms with Crippen LogP contribution in [0.15, 0.2) is 10.9 Å². The second-order valence-corrected chi connectivity index (χ2v) is 4.37. The SMILES string of the molecule is CCCCNCc1cc(C)nn(CCC)c1=O. The van der Waals surface area contributed by atoms with E-state index in [0.717, 1.165) is 30.6 Å². The van der Waals surface area contributed by atoms with Crippen LogP contribution >= 0.6 is 0 Å². The first kappa shape index (κ1) is 13.9. The number of rotatable bonds is 7. The van der Waals surface area contributed by atoms with E-state index in [4.69, 9.17) is 0 Å². The van der Waals surface area contributed by atoms with Crippen molar-refractivity contribution in [3.05, 3.63) is 27.7 Å². The van der Waals surface area contributed by atoms with Crippen molar-refractivity contribution in [1.82, 2.24) is 15.1 Å². The summed E-state index contributed by atoms with van der Waals surface area (Å²) in [7, 11) is 0. The minimum Gasteiger partial charge on any atom is -0.312 e. The zero-order valence-corrected chi connectivity index (χ0v) is 11.1. The molecule has 0 aliphatic heterocycles. The van der Waals surface area contributed by atoms with Crippen LogP contribution in [-0.4, -0.2) is 16.3 Å². The molecule has 96 valence electrons. The average Bonchev–Trinajstić information content (AvgIpc) is 2.30. The molecule has 1 aromatic rings. The van der Waals surface area contributed by atoms with Gasteiger partial charge in [0.15, 0.2) is 0 Å². The van der Waals surface area contributed by atoms with Gasteiger partial charge in [-0.15, -0.1) is 0 Å². The highest BCUT2D eigenvalue weighted by molar-refractivity contribution is 5.12. The molecule has 17 heavy (non-hydrogen) atoms. The standard InChI is InChI=1S/C13H23N3O/c1-4-6-7-14-10-12-9-11(3)15-16(8-5-2)13(12)17/h9,14H,4-8,10H2,1-3H3. The molecule has 0 radical (unpaired) electrons. The van der Waals surface area contributed by atoms with Gasteiger partial charge in [0.1, 0.15) is 0 Å². The van der Waals surface area contributed by atoms with Crippen LogP contribution in [-0.2, 0) is 13.1 Å². The number of unbranched alkanes of at least 4 members (excludes halogenated alkanes) is 1. The maximum atomic E-state index is 12.0. The Morgan fingerprint density at radius 1 is 1.35 bits per heavy atom.